The van der Waals surface area contributed by atoms with Gasteiger partial charge in [0.25, 0.3) is 5.56 Å². The molecule has 1 saturated heterocycles. The highest BCUT2D eigenvalue weighted by molar-refractivity contribution is 5.89. The number of rotatable bonds is 7. The number of carbonyl (C=O) groups is 1. The van der Waals surface area contributed by atoms with Crippen molar-refractivity contribution in [2.45, 2.75) is 58.7 Å². The first kappa shape index (κ1) is 25.0. The van der Waals surface area contributed by atoms with Crippen LogP contribution < -0.4 is 10.9 Å². The van der Waals surface area contributed by atoms with Crippen molar-refractivity contribution in [3.63, 3.8) is 0 Å². The fourth-order valence-corrected chi connectivity index (χ4v) is 5.66. The van der Waals surface area contributed by atoms with Gasteiger partial charge in [-0.2, -0.15) is 9.78 Å². The number of aryl methyl sites for hydroxylation is 2. The van der Waals surface area contributed by atoms with Gasteiger partial charge in [0.1, 0.15) is 6.04 Å². The number of para-hydroxylation sites is 1. The average molecular weight is 498 g/mol. The van der Waals surface area contributed by atoms with Crippen molar-refractivity contribution in [1.82, 2.24) is 24.6 Å². The van der Waals surface area contributed by atoms with E-state index in [0.29, 0.717) is 11.8 Å². The van der Waals surface area contributed by atoms with E-state index in [1.807, 2.05) is 61.7 Å². The first-order chi connectivity index (χ1) is 18.0. The molecule has 2 aromatic heterocycles. The molecule has 1 atom stereocenters. The molecule has 0 aliphatic carbocycles. The van der Waals surface area contributed by atoms with Crippen molar-refractivity contribution >= 4 is 16.7 Å². The third kappa shape index (κ3) is 4.96. The Balaban J connectivity index is 1.33. The Morgan fingerprint density at radius 3 is 2.30 bits per heavy atom. The smallest absolute Gasteiger partial charge is 0.281 e. The highest BCUT2D eigenvalue weighted by atomic mass is 16.2. The molecule has 0 saturated carbocycles. The third-order valence-electron chi connectivity index (χ3n) is 7.64. The molecule has 0 radical (unpaired) electrons. The van der Waals surface area contributed by atoms with Crippen LogP contribution in [-0.2, 0) is 11.3 Å². The lowest BCUT2D eigenvalue weighted by Gasteiger charge is -2.33. The molecule has 1 unspecified atom stereocenters. The van der Waals surface area contributed by atoms with E-state index in [9.17, 15) is 9.59 Å². The zero-order chi connectivity index (χ0) is 25.9. The van der Waals surface area contributed by atoms with Gasteiger partial charge in [-0.25, -0.2) is 0 Å². The first-order valence-electron chi connectivity index (χ1n) is 13.2. The Morgan fingerprint density at radius 2 is 1.65 bits per heavy atom. The largest absolute Gasteiger partial charge is 0.351 e. The van der Waals surface area contributed by atoms with Crippen LogP contribution in [0.2, 0.25) is 0 Å². The molecule has 0 spiro atoms. The lowest BCUT2D eigenvalue weighted by Crippen LogP contribution is -2.46. The van der Waals surface area contributed by atoms with Crippen molar-refractivity contribution < 1.29 is 4.79 Å². The molecule has 192 valence electrons. The van der Waals surface area contributed by atoms with Crippen LogP contribution in [0.5, 0.6) is 0 Å². The zero-order valence-electron chi connectivity index (χ0n) is 21.9. The van der Waals surface area contributed by atoms with E-state index in [1.165, 1.54) is 10.2 Å². The molecule has 3 heterocycles. The van der Waals surface area contributed by atoms with E-state index in [4.69, 9.17) is 0 Å². The van der Waals surface area contributed by atoms with Crippen molar-refractivity contribution in [3.8, 4) is 5.69 Å². The molecule has 1 amide bonds. The van der Waals surface area contributed by atoms with Gasteiger partial charge in [0, 0.05) is 42.5 Å². The molecule has 1 aliphatic rings. The standard InChI is InChI=1S/C30H35N5O2/c1-4-27(29(36)32-24-15-17-33(18-16-24)20-23-11-7-5-8-12-23)34-21(2)26-19-31-35(25-13-9-6-10-14-25)30(37)28(26)22(34)3/h5-14,19,24,27H,4,15-18,20H2,1-3H3,(H,32,36). The van der Waals surface area contributed by atoms with E-state index >= 15 is 0 Å². The van der Waals surface area contributed by atoms with Crippen LogP contribution in [0, 0.1) is 13.8 Å². The predicted octanol–water partition coefficient (Wildman–Crippen LogP) is 4.54. The number of fused-ring (bicyclic) bond motifs is 1. The summed E-state index contributed by atoms with van der Waals surface area (Å²) in [6, 6.07) is 19.7. The number of nitrogens with zero attached hydrogens (tertiary/aromatic N) is 4. The predicted molar refractivity (Wildman–Crippen MR) is 147 cm³/mol. The molecule has 4 aromatic rings. The minimum absolute atomic E-state index is 0.0202. The number of piperidine rings is 1. The van der Waals surface area contributed by atoms with Gasteiger partial charge in [-0.1, -0.05) is 55.5 Å². The van der Waals surface area contributed by atoms with Gasteiger partial charge in [0.15, 0.2) is 0 Å². The maximum atomic E-state index is 13.5. The fourth-order valence-electron chi connectivity index (χ4n) is 5.66. The average Bonchev–Trinajstić information content (AvgIpc) is 3.17. The molecule has 2 aromatic carbocycles. The summed E-state index contributed by atoms with van der Waals surface area (Å²) in [6.45, 7) is 8.81. The summed E-state index contributed by atoms with van der Waals surface area (Å²) in [6.07, 6.45) is 4.26. The van der Waals surface area contributed by atoms with Crippen molar-refractivity contribution in [2.24, 2.45) is 0 Å². The molecule has 0 bridgehead atoms. The van der Waals surface area contributed by atoms with Gasteiger partial charge >= 0.3 is 0 Å². The van der Waals surface area contributed by atoms with Crippen molar-refractivity contribution in [3.05, 3.63) is 94.2 Å². The van der Waals surface area contributed by atoms with Gasteiger partial charge in [-0.15, -0.1) is 0 Å². The van der Waals surface area contributed by atoms with Gasteiger partial charge in [0.2, 0.25) is 5.91 Å². The topological polar surface area (TPSA) is 72.2 Å². The minimum atomic E-state index is -0.376. The van der Waals surface area contributed by atoms with E-state index < -0.39 is 0 Å². The van der Waals surface area contributed by atoms with Crippen molar-refractivity contribution in [2.75, 3.05) is 13.1 Å². The number of nitrogens with one attached hydrogen (secondary N) is 1. The number of amides is 1. The Labute approximate surface area is 217 Å². The molecule has 5 rings (SSSR count). The molecule has 7 nitrogen and oxygen atoms in total. The number of hydrogen-bond acceptors (Lipinski definition) is 4. The maximum Gasteiger partial charge on any atom is 0.281 e. The Morgan fingerprint density at radius 1 is 1.00 bits per heavy atom. The summed E-state index contributed by atoms with van der Waals surface area (Å²) < 4.78 is 3.46. The monoisotopic (exact) mass is 497 g/mol. The van der Waals surface area contributed by atoms with Crippen LogP contribution in [0.3, 0.4) is 0 Å². The van der Waals surface area contributed by atoms with E-state index in [-0.39, 0.29) is 23.6 Å². The molecular weight excluding hydrogens is 462 g/mol. The second kappa shape index (κ2) is 10.7. The lowest BCUT2D eigenvalue weighted by atomic mass is 10.0. The number of carbonyl (C=O) groups excluding carboxylic acids is 1. The SMILES string of the molecule is CCC(C(=O)NC1CCN(Cc2ccccc2)CC1)n1c(C)c2cnn(-c3ccccc3)c(=O)c2c1C. The molecule has 1 fully saturated rings. The van der Waals surface area contributed by atoms with Gasteiger partial charge in [-0.3, -0.25) is 14.5 Å². The normalized spacial score (nSPS) is 15.6. The van der Waals surface area contributed by atoms with E-state index in [0.717, 1.165) is 54.9 Å². The quantitative estimate of drug-likeness (QED) is 0.407. The van der Waals surface area contributed by atoms with Crippen LogP contribution in [-0.4, -0.2) is 44.3 Å². The number of likely N-dealkylation sites (tertiary alicyclic amines) is 1. The summed E-state index contributed by atoms with van der Waals surface area (Å²) in [4.78, 5) is 29.4. The third-order valence-corrected chi connectivity index (χ3v) is 7.64. The fraction of sp³-hybridized carbons (Fsp3) is 0.367. The van der Waals surface area contributed by atoms with Crippen LogP contribution >= 0.6 is 0 Å². The first-order valence-corrected chi connectivity index (χ1v) is 13.2. The highest BCUT2D eigenvalue weighted by Crippen LogP contribution is 2.28. The van der Waals surface area contributed by atoms with E-state index in [2.05, 4.69) is 39.6 Å². The number of aromatic nitrogens is 3. The molecule has 7 heteroatoms. The summed E-state index contributed by atoms with van der Waals surface area (Å²) in [5, 5.41) is 9.18. The summed E-state index contributed by atoms with van der Waals surface area (Å²) in [5.41, 5.74) is 3.59. The minimum Gasteiger partial charge on any atom is -0.351 e. The molecule has 1 N–H and O–H groups in total. The summed E-state index contributed by atoms with van der Waals surface area (Å²) in [5.74, 6) is 0.0202. The van der Waals surface area contributed by atoms with Crippen LogP contribution in [0.1, 0.15) is 49.2 Å². The summed E-state index contributed by atoms with van der Waals surface area (Å²) >= 11 is 0. The van der Waals surface area contributed by atoms with Crippen LogP contribution in [0.15, 0.2) is 71.7 Å². The molecular formula is C30H35N5O2. The van der Waals surface area contributed by atoms with E-state index in [1.54, 1.807) is 6.20 Å². The Bertz CT molecular complexity index is 1430. The zero-order valence-corrected chi connectivity index (χ0v) is 21.9. The molecule has 37 heavy (non-hydrogen) atoms. The van der Waals surface area contributed by atoms with Gasteiger partial charge in [-0.05, 0) is 50.8 Å². The Hall–Kier alpha value is -3.71. The second-order valence-electron chi connectivity index (χ2n) is 10.00. The number of hydrogen-bond donors (Lipinski definition) is 1. The maximum absolute atomic E-state index is 13.5. The Kier molecular flexibility index (Phi) is 7.24. The number of benzene rings is 2. The van der Waals surface area contributed by atoms with Gasteiger partial charge in [0.05, 0.1) is 17.3 Å². The second-order valence-corrected chi connectivity index (χ2v) is 10.00. The van der Waals surface area contributed by atoms with Gasteiger partial charge < -0.3 is 9.88 Å². The van der Waals surface area contributed by atoms with Crippen molar-refractivity contribution in [1.29, 1.82) is 0 Å². The highest BCUT2D eigenvalue weighted by Gasteiger charge is 2.28. The molecule has 1 aliphatic heterocycles. The summed E-state index contributed by atoms with van der Waals surface area (Å²) in [7, 11) is 0. The lowest BCUT2D eigenvalue weighted by molar-refractivity contribution is -0.125. The van der Waals surface area contributed by atoms with Crippen LogP contribution in [0.4, 0.5) is 0 Å². The van der Waals surface area contributed by atoms with Crippen LogP contribution in [0.25, 0.3) is 16.5 Å².